The van der Waals surface area contributed by atoms with Crippen LogP contribution in [-0.2, 0) is 13.1 Å². The zero-order valence-corrected chi connectivity index (χ0v) is 72.9. The lowest BCUT2D eigenvalue weighted by molar-refractivity contribution is -0.385. The van der Waals surface area contributed by atoms with Crippen LogP contribution in [0.25, 0.3) is 109 Å². The van der Waals surface area contributed by atoms with Crippen molar-refractivity contribution in [2.45, 2.75) is 193 Å². The first-order chi connectivity index (χ1) is 61.8. The lowest BCUT2D eigenvalue weighted by atomic mass is 9.34. The monoisotopic (exact) mass is 1680 g/mol. The Balaban J connectivity index is 0.466. The van der Waals surface area contributed by atoms with Crippen molar-refractivity contribution in [2.75, 3.05) is 37.6 Å². The smallest absolute Gasteiger partial charge is 0.276 e. The summed E-state index contributed by atoms with van der Waals surface area (Å²) in [4.78, 5) is 74.5. The number of fused-ring (bicyclic) bond motifs is 14. The van der Waals surface area contributed by atoms with Crippen LogP contribution >= 0.6 is 0 Å². The summed E-state index contributed by atoms with van der Waals surface area (Å²) in [7, 11) is 0. The first kappa shape index (κ1) is 74.2. The van der Waals surface area contributed by atoms with Crippen LogP contribution < -0.4 is 22.6 Å². The molecule has 12 aromatic rings. The van der Waals surface area contributed by atoms with Crippen LogP contribution in [-0.4, -0.2) is 64.6 Å². The molecule has 646 valence electrons. The summed E-state index contributed by atoms with van der Waals surface area (Å²) >= 11 is 0. The third-order valence-electron chi connectivity index (χ3n) is 43.5. The number of nitro benzene ring substituents is 2. The number of hydrogen-bond acceptors (Lipinski definition) is 12. The molecule has 16 nitrogen and oxygen atoms in total. The van der Waals surface area contributed by atoms with E-state index in [-0.39, 0.29) is 39.6 Å². The number of aromatic nitrogens is 4. The van der Waals surface area contributed by atoms with Gasteiger partial charge in [-0.05, 0) is 393 Å². The third-order valence-corrected chi connectivity index (χ3v) is 43.5. The quantitative estimate of drug-likeness (QED) is 0.0501. The fraction of sp³-hybridized carbons (Fsp3) is 0.600. The zero-order chi connectivity index (χ0) is 82.9. The van der Waals surface area contributed by atoms with Crippen molar-refractivity contribution < 1.29 is 9.85 Å². The third kappa shape index (κ3) is 9.76. The summed E-state index contributed by atoms with van der Waals surface area (Å²) < 4.78 is 3.33. The number of hydrogen-bond donors (Lipinski definition) is 2. The van der Waals surface area contributed by atoms with Crippen LogP contribution in [0.4, 0.5) is 22.7 Å². The lowest BCUT2D eigenvalue weighted by Crippen LogP contribution is -2.66. The molecule has 2 saturated heterocycles. The Morgan fingerprint density at radius 3 is 1.09 bits per heavy atom. The molecule has 2 aliphatic heterocycles. The second kappa shape index (κ2) is 26.6. The van der Waals surface area contributed by atoms with E-state index in [4.69, 9.17) is 21.4 Å². The fourth-order valence-corrected chi connectivity index (χ4v) is 40.8. The minimum Gasteiger partial charge on any atom is -0.399 e. The number of non-ortho nitro benzene ring substituents is 1. The van der Waals surface area contributed by atoms with E-state index >= 15 is 9.59 Å². The molecule has 30 rings (SSSR count). The van der Waals surface area contributed by atoms with Crippen molar-refractivity contribution in [1.82, 2.24) is 28.6 Å². The predicted molar refractivity (Wildman–Crippen MR) is 498 cm³/mol. The normalized spacial score (nSPS) is 40.4. The molecule has 6 heterocycles. The molecule has 8 aromatic carbocycles. The molecule has 16 saturated carbocycles. The summed E-state index contributed by atoms with van der Waals surface area (Å²) in [5.41, 5.74) is 21.0. The highest BCUT2D eigenvalue weighted by atomic mass is 16.6. The molecule has 126 heavy (non-hydrogen) atoms. The highest BCUT2D eigenvalue weighted by Crippen LogP contribution is 2.76. The van der Waals surface area contributed by atoms with Gasteiger partial charge in [0.05, 0.1) is 37.5 Å². The van der Waals surface area contributed by atoms with Crippen molar-refractivity contribution in [1.29, 1.82) is 0 Å². The maximum atomic E-state index is 15.9. The number of nitrogen functional groups attached to an aromatic ring is 2. The van der Waals surface area contributed by atoms with E-state index in [0.29, 0.717) is 95.5 Å². The number of benzene rings is 8. The van der Waals surface area contributed by atoms with Gasteiger partial charge in [-0.3, -0.25) is 48.4 Å². The minimum atomic E-state index is -0.421. The van der Waals surface area contributed by atoms with Crippen LogP contribution in [0.3, 0.4) is 0 Å². The highest BCUT2D eigenvalue weighted by Gasteiger charge is 2.70. The molecular formula is C110H120N10O6. The van der Waals surface area contributed by atoms with Gasteiger partial charge in [-0.1, -0.05) is 87.8 Å². The molecule has 4 N–H and O–H groups in total. The molecule has 16 aliphatic carbocycles. The summed E-state index contributed by atoms with van der Waals surface area (Å²) in [5, 5.41) is 35.6. The van der Waals surface area contributed by atoms with Gasteiger partial charge in [0.2, 0.25) is 0 Å². The van der Waals surface area contributed by atoms with Gasteiger partial charge in [0.15, 0.2) is 0 Å². The van der Waals surface area contributed by atoms with Gasteiger partial charge in [-0.25, -0.2) is 9.97 Å². The van der Waals surface area contributed by atoms with E-state index in [1.54, 1.807) is 36.2 Å². The van der Waals surface area contributed by atoms with Crippen molar-refractivity contribution in [3.8, 4) is 11.1 Å². The molecule has 0 bridgehead atoms. The lowest BCUT2D eigenvalue weighted by Gasteiger charge is -2.71. The number of pyridine rings is 2. The molecular weight excluding hydrogens is 1560 g/mol. The number of piperidine rings is 2. The largest absolute Gasteiger partial charge is 0.399 e. The average molecular weight is 1680 g/mol. The molecule has 18 aliphatic rings. The van der Waals surface area contributed by atoms with Crippen LogP contribution in [0.5, 0.6) is 0 Å². The summed E-state index contributed by atoms with van der Waals surface area (Å²) in [6.45, 7) is 5.01. The highest BCUT2D eigenvalue weighted by molar-refractivity contribution is 6.25. The van der Waals surface area contributed by atoms with E-state index < -0.39 is 4.92 Å². The molecule has 16 heteroatoms. The first-order valence-corrected chi connectivity index (χ1v) is 51.3. The Kier molecular flexibility index (Phi) is 15.7. The van der Waals surface area contributed by atoms with Crippen LogP contribution in [0.2, 0.25) is 0 Å². The van der Waals surface area contributed by atoms with E-state index in [0.717, 1.165) is 253 Å². The number of rotatable bonds is 7. The Hall–Kier alpha value is -8.60. The number of anilines is 2. The van der Waals surface area contributed by atoms with Gasteiger partial charge in [0.1, 0.15) is 11.3 Å². The summed E-state index contributed by atoms with van der Waals surface area (Å²) in [6.07, 6.45) is 41.0. The van der Waals surface area contributed by atoms with Crippen LogP contribution in [0.15, 0.2) is 107 Å². The number of nitrogens with two attached hydrogens (primary N) is 2. The van der Waals surface area contributed by atoms with E-state index in [1.165, 1.54) is 171 Å². The number of nitro groups is 2. The number of nitrogens with zero attached hydrogens (tertiary/aromatic N) is 8. The Morgan fingerprint density at radius 2 is 0.683 bits per heavy atom. The molecule has 18 fully saturated rings. The van der Waals surface area contributed by atoms with Crippen molar-refractivity contribution in [3.63, 3.8) is 0 Å². The van der Waals surface area contributed by atoms with Crippen molar-refractivity contribution in [3.05, 3.63) is 149 Å². The molecule has 0 amide bonds. The van der Waals surface area contributed by atoms with Crippen molar-refractivity contribution in [2.24, 2.45) is 189 Å². The Morgan fingerprint density at radius 1 is 0.325 bits per heavy atom. The molecule has 0 radical (unpaired) electrons. The molecule has 0 spiro atoms. The maximum absolute atomic E-state index is 15.9. The molecule has 26 atom stereocenters. The van der Waals surface area contributed by atoms with Crippen molar-refractivity contribution >= 4 is 121 Å². The second-order valence-corrected chi connectivity index (χ2v) is 46.8. The van der Waals surface area contributed by atoms with Gasteiger partial charge in [-0.2, -0.15) is 0 Å². The maximum Gasteiger partial charge on any atom is 0.276 e. The Bertz CT molecular complexity index is 6750. The van der Waals surface area contributed by atoms with E-state index in [1.807, 2.05) is 48.5 Å². The molecule has 25 unspecified atom stereocenters. The fourth-order valence-electron chi connectivity index (χ4n) is 40.8. The van der Waals surface area contributed by atoms with Gasteiger partial charge in [0, 0.05) is 117 Å². The van der Waals surface area contributed by atoms with E-state index in [2.05, 4.69) is 40.1 Å². The van der Waals surface area contributed by atoms with Gasteiger partial charge in [-0.15, -0.1) is 0 Å². The van der Waals surface area contributed by atoms with Crippen LogP contribution in [0.1, 0.15) is 191 Å². The van der Waals surface area contributed by atoms with E-state index in [9.17, 15) is 20.2 Å². The topological polar surface area (TPSA) is 214 Å². The minimum absolute atomic E-state index is 0.0970. The van der Waals surface area contributed by atoms with Gasteiger partial charge in [0.25, 0.3) is 22.5 Å². The first-order valence-electron chi connectivity index (χ1n) is 51.3. The SMILES string of the molecule is Nc1cc2c(CN3CC4CCC5C6CCC7C8CCCC9CCCC(C%10CC[C@@H](C%11CCC(C3)C4C5%11)C6C7%10)C98)c(N)cc3nc4c5ccc(-c6ccc7c8c6cccc8c(=O)n6c8cc([N+](=O)[O-])cc9c(CN%10CC%11CCC%12C%13CCC%14C%15CCCC%16CCCC(C%17CCC(C%18CCC(C%10)C%11C%12%18)C%13C%14%17)C%16%15)c([N+](=O)[O-])cc(nc76)c98)c6cccc(c(=O)n4c(c1)c32)c65. The van der Waals surface area contributed by atoms with Gasteiger partial charge >= 0.3 is 0 Å². The average Bonchev–Trinajstić information content (AvgIpc) is 0.695. The van der Waals surface area contributed by atoms with Crippen LogP contribution in [0, 0.1) is 210 Å². The standard InChI is InChI=1S/C110H120N10O6/c111-57-39-83-85(49-115-45-53-19-23-67-75-33-29-71-63-11-1-7-51-8-2-12-64(95(51)63)72-30-34-76(103(75)101(71)72)68-24-20-54(46-115)93(53)99(67)68)87(112)43-88-105(83)91(40-57)117-107(113-88)79-37-27-59(61-15-5-17-81(97(61)79)109(117)121)60-28-38-80-98-62(60)16-6-18-82(98)110(122)118-92-42-58(119(123)124)41-84-86(90(120(125)126)44-89(106(84)92)114-108(80)118)50-116-47-55-21-25-69-77-35-31-73-65-13-3-9-52-10-4-14-66(96(52)65)74-32-36-78(104(77)102(73)74)70-26-22-56(48-116)94(55)100(69)70/h5-6,15-18,27-28,37-44,51-56,63-78,93-96,99-104H,1-4,7-14,19-26,29-36,45-50,111-112H2/t51?,52?,53?,54?,55?,56?,63?,64?,65?,66?,67?,68?,69?,70?,71?,72?,73?,74?,75-,76?,77?,78?,93?,94?,95?,96?,99?,100?,101?,102?,103?,104?/m0/s1. The second-order valence-electron chi connectivity index (χ2n) is 46.8. The zero-order valence-electron chi connectivity index (χ0n) is 72.9. The Labute approximate surface area is 734 Å². The molecule has 4 aromatic heterocycles. The predicted octanol–water partition coefficient (Wildman–Crippen LogP) is 22.9. The van der Waals surface area contributed by atoms with Gasteiger partial charge < -0.3 is 11.5 Å². The number of likely N-dealkylation sites (tertiary alicyclic amines) is 2. The summed E-state index contributed by atoms with van der Waals surface area (Å²) in [5.74, 6) is 29.2. The summed E-state index contributed by atoms with van der Waals surface area (Å²) in [6, 6.07) is 30.6.